The van der Waals surface area contributed by atoms with Crippen LogP contribution in [0.25, 0.3) is 22.2 Å². The molecule has 1 aliphatic rings. The molecule has 2 aromatic heterocycles. The number of aromatic nitrogens is 3. The predicted molar refractivity (Wildman–Crippen MR) is 147 cm³/mol. The Morgan fingerprint density at radius 3 is 2.63 bits per heavy atom. The Kier molecular flexibility index (Phi) is 8.85. The molecular weight excluding hydrogens is 514 g/mol. The minimum Gasteiger partial charge on any atom is -0.377 e. The SMILES string of the molecule is CNCCOC(C)CCc1ccc2c(-c3nc(NC4CCCC4)ncc3C(F)(F)F)c[nH]c2c1P(C)(C)=O. The highest BCUT2D eigenvalue weighted by Crippen LogP contribution is 2.43. The van der Waals surface area contributed by atoms with Crippen molar-refractivity contribution in [2.75, 3.05) is 38.8 Å². The van der Waals surface area contributed by atoms with Gasteiger partial charge in [0.25, 0.3) is 0 Å². The number of hydrogen-bond acceptors (Lipinski definition) is 6. The maximum atomic E-state index is 14.0. The van der Waals surface area contributed by atoms with Gasteiger partial charge >= 0.3 is 6.18 Å². The van der Waals surface area contributed by atoms with E-state index in [0.717, 1.165) is 50.4 Å². The second-order valence-corrected chi connectivity index (χ2v) is 13.6. The van der Waals surface area contributed by atoms with Crippen LogP contribution in [0.4, 0.5) is 19.1 Å². The molecule has 38 heavy (non-hydrogen) atoms. The Morgan fingerprint density at radius 1 is 1.24 bits per heavy atom. The van der Waals surface area contributed by atoms with Crippen LogP contribution < -0.4 is 15.9 Å². The van der Waals surface area contributed by atoms with Crippen molar-refractivity contribution in [3.05, 3.63) is 35.7 Å². The summed E-state index contributed by atoms with van der Waals surface area (Å²) >= 11 is 0. The Hall–Kier alpha value is -2.42. The van der Waals surface area contributed by atoms with Gasteiger partial charge < -0.3 is 24.9 Å². The van der Waals surface area contributed by atoms with E-state index in [1.54, 1.807) is 19.4 Å². The minimum atomic E-state index is -4.62. The first-order valence-corrected chi connectivity index (χ1v) is 15.7. The van der Waals surface area contributed by atoms with Crippen LogP contribution in [0.1, 0.15) is 50.2 Å². The molecule has 0 bridgehead atoms. The van der Waals surface area contributed by atoms with Gasteiger partial charge in [-0.25, -0.2) is 9.97 Å². The molecule has 208 valence electrons. The zero-order chi connectivity index (χ0) is 27.5. The maximum absolute atomic E-state index is 14.0. The molecule has 0 aliphatic heterocycles. The molecule has 0 saturated heterocycles. The third-order valence-corrected chi connectivity index (χ3v) is 8.65. The number of anilines is 1. The number of aromatic amines is 1. The van der Waals surface area contributed by atoms with Gasteiger partial charge in [0.15, 0.2) is 0 Å². The Labute approximate surface area is 221 Å². The number of nitrogens with one attached hydrogen (secondary N) is 3. The fraction of sp³-hybridized carbons (Fsp3) is 0.556. The Balaban J connectivity index is 1.74. The number of likely N-dealkylation sites (N-methyl/N-ethyl adjacent to an activating group) is 1. The lowest BCUT2D eigenvalue weighted by atomic mass is 10.0. The van der Waals surface area contributed by atoms with Gasteiger partial charge in [0, 0.05) is 41.2 Å². The van der Waals surface area contributed by atoms with E-state index in [9.17, 15) is 17.7 Å². The van der Waals surface area contributed by atoms with Gasteiger partial charge in [0.2, 0.25) is 5.95 Å². The van der Waals surface area contributed by atoms with E-state index in [-0.39, 0.29) is 23.8 Å². The summed E-state index contributed by atoms with van der Waals surface area (Å²) in [6.45, 7) is 6.74. The van der Waals surface area contributed by atoms with E-state index in [0.29, 0.717) is 34.8 Å². The van der Waals surface area contributed by atoms with Crippen molar-refractivity contribution >= 4 is 29.3 Å². The zero-order valence-corrected chi connectivity index (χ0v) is 23.3. The van der Waals surface area contributed by atoms with Crippen LogP contribution in [0.2, 0.25) is 0 Å². The number of fused-ring (bicyclic) bond motifs is 1. The summed E-state index contributed by atoms with van der Waals surface area (Å²) < 4.78 is 61.3. The molecule has 2 heterocycles. The number of nitrogens with zero attached hydrogens (tertiary/aromatic N) is 2. The fourth-order valence-corrected chi connectivity index (χ4v) is 6.76. The lowest BCUT2D eigenvalue weighted by molar-refractivity contribution is -0.137. The third-order valence-electron chi connectivity index (χ3n) is 7.06. The number of aryl methyl sites for hydroxylation is 1. The third kappa shape index (κ3) is 6.58. The normalized spacial score (nSPS) is 15.9. The van der Waals surface area contributed by atoms with Crippen molar-refractivity contribution in [3.63, 3.8) is 0 Å². The molecule has 4 rings (SSSR count). The molecule has 3 aromatic rings. The topological polar surface area (TPSA) is 91.9 Å². The van der Waals surface area contributed by atoms with Crippen LogP contribution in [0.5, 0.6) is 0 Å². The zero-order valence-electron chi connectivity index (χ0n) is 22.4. The second-order valence-electron chi connectivity index (χ2n) is 10.5. The summed E-state index contributed by atoms with van der Waals surface area (Å²) in [6, 6.07) is 3.84. The van der Waals surface area contributed by atoms with Crippen LogP contribution in [-0.4, -0.2) is 60.6 Å². The van der Waals surface area contributed by atoms with Gasteiger partial charge in [0.1, 0.15) is 12.7 Å². The highest BCUT2D eigenvalue weighted by atomic mass is 31.2. The smallest absolute Gasteiger partial charge is 0.377 e. The van der Waals surface area contributed by atoms with Gasteiger partial charge in [-0.05, 0) is 58.5 Å². The Morgan fingerprint density at radius 2 is 1.97 bits per heavy atom. The van der Waals surface area contributed by atoms with E-state index < -0.39 is 18.9 Å². The summed E-state index contributed by atoms with van der Waals surface area (Å²) in [5.41, 5.74) is 0.725. The summed E-state index contributed by atoms with van der Waals surface area (Å²) in [5.74, 6) is 0.190. The highest BCUT2D eigenvalue weighted by molar-refractivity contribution is 7.70. The van der Waals surface area contributed by atoms with Crippen LogP contribution in [-0.2, 0) is 21.9 Å². The minimum absolute atomic E-state index is 0.0142. The second kappa shape index (κ2) is 11.8. The molecule has 1 unspecified atom stereocenters. The van der Waals surface area contributed by atoms with E-state index >= 15 is 0 Å². The number of alkyl halides is 3. The first-order chi connectivity index (χ1) is 18.0. The average Bonchev–Trinajstić information content (AvgIpc) is 3.51. The van der Waals surface area contributed by atoms with Crippen LogP contribution in [0.15, 0.2) is 24.5 Å². The standard InChI is InChI=1S/C27H37F3N5O2P/c1-17(37-14-13-31-2)9-10-18-11-12-20-21(15-32-24(20)25(18)38(3,4)36)23-22(27(28,29)30)16-33-26(35-23)34-19-7-5-6-8-19/h11-12,15-17,19,31-32H,5-10,13-14H2,1-4H3,(H,33,34,35). The number of benzene rings is 1. The van der Waals surface area contributed by atoms with Crippen molar-refractivity contribution in [2.45, 2.75) is 63.8 Å². The van der Waals surface area contributed by atoms with E-state index in [1.807, 2.05) is 20.0 Å². The van der Waals surface area contributed by atoms with Crippen LogP contribution in [0, 0.1) is 0 Å². The number of hydrogen-bond donors (Lipinski definition) is 3. The molecule has 3 N–H and O–H groups in total. The largest absolute Gasteiger partial charge is 0.419 e. The van der Waals surface area contributed by atoms with Gasteiger partial charge in [-0.15, -0.1) is 0 Å². The molecule has 11 heteroatoms. The quantitative estimate of drug-likeness (QED) is 0.206. The first kappa shape index (κ1) is 28.6. The van der Waals surface area contributed by atoms with E-state index in [2.05, 4.69) is 25.6 Å². The lowest BCUT2D eigenvalue weighted by Gasteiger charge is -2.18. The average molecular weight is 552 g/mol. The van der Waals surface area contributed by atoms with Crippen molar-refractivity contribution in [1.29, 1.82) is 0 Å². The van der Waals surface area contributed by atoms with Crippen molar-refractivity contribution in [2.24, 2.45) is 0 Å². The molecule has 1 fully saturated rings. The lowest BCUT2D eigenvalue weighted by Crippen LogP contribution is -2.20. The Bertz CT molecular complexity index is 1300. The van der Waals surface area contributed by atoms with E-state index in [4.69, 9.17) is 4.74 Å². The first-order valence-electron chi connectivity index (χ1n) is 13.1. The molecular formula is C27H37F3N5O2P. The maximum Gasteiger partial charge on any atom is 0.419 e. The van der Waals surface area contributed by atoms with Crippen molar-refractivity contribution in [3.8, 4) is 11.3 Å². The van der Waals surface area contributed by atoms with Gasteiger partial charge in [-0.2, -0.15) is 13.2 Å². The molecule has 1 saturated carbocycles. The fourth-order valence-electron chi connectivity index (χ4n) is 5.16. The summed E-state index contributed by atoms with van der Waals surface area (Å²) in [5, 5.41) is 7.47. The summed E-state index contributed by atoms with van der Waals surface area (Å²) in [7, 11) is -0.922. The summed E-state index contributed by atoms with van der Waals surface area (Å²) in [6.07, 6.45) is 3.20. The molecule has 1 aromatic carbocycles. The molecule has 0 spiro atoms. The molecule has 0 amide bonds. The van der Waals surface area contributed by atoms with Crippen molar-refractivity contribution < 1.29 is 22.5 Å². The van der Waals surface area contributed by atoms with Gasteiger partial charge in [-0.1, -0.05) is 25.0 Å². The van der Waals surface area contributed by atoms with Gasteiger partial charge in [-0.3, -0.25) is 0 Å². The molecule has 1 aliphatic carbocycles. The number of halogens is 3. The van der Waals surface area contributed by atoms with E-state index in [1.165, 1.54) is 6.20 Å². The van der Waals surface area contributed by atoms with Crippen molar-refractivity contribution in [1.82, 2.24) is 20.3 Å². The monoisotopic (exact) mass is 551 g/mol. The van der Waals surface area contributed by atoms with Crippen LogP contribution in [0.3, 0.4) is 0 Å². The highest BCUT2D eigenvalue weighted by Gasteiger charge is 2.36. The number of ether oxygens (including phenoxy) is 1. The molecule has 7 nitrogen and oxygen atoms in total. The number of H-pyrrole nitrogens is 1. The van der Waals surface area contributed by atoms with Gasteiger partial charge in [0.05, 0.1) is 23.9 Å². The predicted octanol–water partition coefficient (Wildman–Crippen LogP) is 5.80. The summed E-state index contributed by atoms with van der Waals surface area (Å²) in [4.78, 5) is 11.5. The van der Waals surface area contributed by atoms with Crippen LogP contribution >= 0.6 is 7.14 Å². The molecule has 0 radical (unpaired) electrons. The molecule has 1 atom stereocenters. The number of rotatable bonds is 11.